The van der Waals surface area contributed by atoms with Crippen LogP contribution < -0.4 is 5.32 Å². The Labute approximate surface area is 135 Å². The van der Waals surface area contributed by atoms with Gasteiger partial charge in [0.25, 0.3) is 0 Å². The molecule has 2 rings (SSSR count). The lowest BCUT2D eigenvalue weighted by atomic mass is 10.0. The smallest absolute Gasteiger partial charge is 0.326 e. The maximum atomic E-state index is 13.6. The normalized spacial score (nSPS) is 11.8. The van der Waals surface area contributed by atoms with E-state index in [0.717, 1.165) is 12.1 Å². The highest BCUT2D eigenvalue weighted by atomic mass is 19.1. The van der Waals surface area contributed by atoms with E-state index in [1.807, 2.05) is 0 Å². The molecule has 0 aliphatic rings. The first-order valence-corrected chi connectivity index (χ1v) is 7.05. The van der Waals surface area contributed by atoms with Gasteiger partial charge in [-0.15, -0.1) is 0 Å². The van der Waals surface area contributed by atoms with E-state index in [0.29, 0.717) is 6.07 Å². The minimum atomic E-state index is -1.35. The Hall–Kier alpha value is -2.83. The van der Waals surface area contributed by atoms with Crippen LogP contribution in [-0.2, 0) is 22.4 Å². The first-order chi connectivity index (χ1) is 11.3. The number of hydrogen-bond acceptors (Lipinski definition) is 2. The van der Waals surface area contributed by atoms with Crippen LogP contribution in [0.5, 0.6) is 0 Å². The molecule has 7 heteroatoms. The van der Waals surface area contributed by atoms with Crippen molar-refractivity contribution >= 4 is 11.9 Å². The zero-order chi connectivity index (χ0) is 17.7. The molecule has 0 aliphatic heterocycles. The average molecular weight is 337 g/mol. The van der Waals surface area contributed by atoms with Gasteiger partial charge in [0.15, 0.2) is 0 Å². The quantitative estimate of drug-likeness (QED) is 0.851. The summed E-state index contributed by atoms with van der Waals surface area (Å²) in [4.78, 5) is 23.2. The molecule has 0 radical (unpaired) electrons. The van der Waals surface area contributed by atoms with Crippen molar-refractivity contribution in [3.63, 3.8) is 0 Å². The predicted molar refractivity (Wildman–Crippen MR) is 79.7 cm³/mol. The molecular weight excluding hydrogens is 323 g/mol. The molecule has 0 saturated carbocycles. The molecule has 2 aromatic carbocycles. The number of carboxylic acids is 1. The summed E-state index contributed by atoms with van der Waals surface area (Å²) >= 11 is 0. The first-order valence-electron chi connectivity index (χ1n) is 7.05. The van der Waals surface area contributed by atoms with Crippen LogP contribution in [0, 0.1) is 17.5 Å². The minimum absolute atomic E-state index is 0.0695. The van der Waals surface area contributed by atoms with Crippen LogP contribution in [0.25, 0.3) is 0 Å². The summed E-state index contributed by atoms with van der Waals surface area (Å²) in [5.74, 6) is -4.32. The third-order valence-electron chi connectivity index (χ3n) is 3.30. The molecule has 0 aliphatic carbocycles. The highest BCUT2D eigenvalue weighted by Crippen LogP contribution is 2.11. The molecular formula is C17H14F3NO3. The molecule has 0 aromatic heterocycles. The lowest BCUT2D eigenvalue weighted by Crippen LogP contribution is -2.43. The summed E-state index contributed by atoms with van der Waals surface area (Å²) in [7, 11) is 0. The largest absolute Gasteiger partial charge is 0.480 e. The summed E-state index contributed by atoms with van der Waals surface area (Å²) in [6, 6.07) is 6.89. The monoisotopic (exact) mass is 337 g/mol. The van der Waals surface area contributed by atoms with Crippen LogP contribution in [0.15, 0.2) is 42.5 Å². The third-order valence-corrected chi connectivity index (χ3v) is 3.30. The summed E-state index contributed by atoms with van der Waals surface area (Å²) in [5.41, 5.74) is 0.210. The van der Waals surface area contributed by atoms with Crippen LogP contribution in [0.4, 0.5) is 13.2 Å². The van der Waals surface area contributed by atoms with Gasteiger partial charge in [-0.3, -0.25) is 4.79 Å². The fraction of sp³-hybridized carbons (Fsp3) is 0.176. The van der Waals surface area contributed by atoms with Crippen molar-refractivity contribution < 1.29 is 27.9 Å². The average Bonchev–Trinajstić information content (AvgIpc) is 2.47. The van der Waals surface area contributed by atoms with Gasteiger partial charge in [-0.25, -0.2) is 18.0 Å². The molecule has 4 nitrogen and oxygen atoms in total. The zero-order valence-corrected chi connectivity index (χ0v) is 12.4. The summed E-state index contributed by atoms with van der Waals surface area (Å²) in [6.45, 7) is 0. The molecule has 0 heterocycles. The summed E-state index contributed by atoms with van der Waals surface area (Å²) in [5, 5.41) is 11.4. The Morgan fingerprint density at radius 3 is 2.25 bits per heavy atom. The molecule has 1 atom stereocenters. The maximum Gasteiger partial charge on any atom is 0.326 e. The van der Waals surface area contributed by atoms with Gasteiger partial charge in [-0.2, -0.15) is 0 Å². The van der Waals surface area contributed by atoms with Crippen LogP contribution >= 0.6 is 0 Å². The van der Waals surface area contributed by atoms with Crippen molar-refractivity contribution in [2.75, 3.05) is 0 Å². The Morgan fingerprint density at radius 1 is 1.04 bits per heavy atom. The predicted octanol–water partition coefficient (Wildman–Crippen LogP) is 2.46. The van der Waals surface area contributed by atoms with E-state index < -0.39 is 41.8 Å². The van der Waals surface area contributed by atoms with E-state index in [4.69, 9.17) is 0 Å². The van der Waals surface area contributed by atoms with Crippen LogP contribution in [0.3, 0.4) is 0 Å². The molecule has 0 unspecified atom stereocenters. The number of carboxylic acid groups (broad SMARTS) is 1. The highest BCUT2D eigenvalue weighted by Gasteiger charge is 2.22. The number of hydrogen-bond donors (Lipinski definition) is 2. The van der Waals surface area contributed by atoms with Gasteiger partial charge >= 0.3 is 5.97 Å². The number of benzene rings is 2. The molecule has 0 saturated heterocycles. The van der Waals surface area contributed by atoms with E-state index in [9.17, 15) is 27.9 Å². The molecule has 2 N–H and O–H groups in total. The molecule has 1 amide bonds. The van der Waals surface area contributed by atoms with Crippen molar-refractivity contribution in [3.05, 3.63) is 71.0 Å². The minimum Gasteiger partial charge on any atom is -0.480 e. The van der Waals surface area contributed by atoms with Crippen molar-refractivity contribution in [1.29, 1.82) is 0 Å². The second kappa shape index (κ2) is 7.63. The van der Waals surface area contributed by atoms with E-state index in [1.165, 1.54) is 18.2 Å². The van der Waals surface area contributed by atoms with E-state index in [-0.39, 0.29) is 17.5 Å². The summed E-state index contributed by atoms with van der Waals surface area (Å²) in [6.07, 6.45) is -0.638. The van der Waals surface area contributed by atoms with Crippen LogP contribution in [0.2, 0.25) is 0 Å². The first kappa shape index (κ1) is 17.5. The van der Waals surface area contributed by atoms with Crippen molar-refractivity contribution in [2.45, 2.75) is 18.9 Å². The fourth-order valence-electron chi connectivity index (χ4n) is 2.23. The maximum absolute atomic E-state index is 13.6. The van der Waals surface area contributed by atoms with E-state index >= 15 is 0 Å². The Kier molecular flexibility index (Phi) is 5.57. The SMILES string of the molecule is O=C(Cc1cc(F)cc(F)c1)N[C@@H](Cc1ccccc1F)C(=O)O. The summed E-state index contributed by atoms with van der Waals surface area (Å²) < 4.78 is 39.8. The topological polar surface area (TPSA) is 66.4 Å². The molecule has 0 fully saturated rings. The standard InChI is InChI=1S/C17H14F3NO3/c18-12-5-10(6-13(19)9-12)7-16(22)21-15(17(23)24)8-11-3-1-2-4-14(11)20/h1-6,9,15H,7-8H2,(H,21,22)(H,23,24)/t15-/m0/s1. The number of rotatable bonds is 6. The van der Waals surface area contributed by atoms with Crippen molar-refractivity contribution in [2.24, 2.45) is 0 Å². The van der Waals surface area contributed by atoms with E-state index in [2.05, 4.69) is 5.32 Å². The third kappa shape index (κ3) is 4.84. The Morgan fingerprint density at radius 2 is 1.67 bits per heavy atom. The lowest BCUT2D eigenvalue weighted by Gasteiger charge is -2.15. The number of halogens is 3. The second-order valence-electron chi connectivity index (χ2n) is 5.21. The fourth-order valence-corrected chi connectivity index (χ4v) is 2.23. The number of aliphatic carboxylic acids is 1. The zero-order valence-electron chi connectivity index (χ0n) is 12.4. The van der Waals surface area contributed by atoms with Gasteiger partial charge in [0.2, 0.25) is 5.91 Å². The van der Waals surface area contributed by atoms with Gasteiger partial charge in [-0.1, -0.05) is 18.2 Å². The van der Waals surface area contributed by atoms with Gasteiger partial charge in [0, 0.05) is 12.5 Å². The number of carbonyl (C=O) groups is 2. The molecule has 24 heavy (non-hydrogen) atoms. The van der Waals surface area contributed by atoms with Gasteiger partial charge in [0.1, 0.15) is 23.5 Å². The van der Waals surface area contributed by atoms with Gasteiger partial charge in [0.05, 0.1) is 6.42 Å². The lowest BCUT2D eigenvalue weighted by molar-refractivity contribution is -0.141. The second-order valence-corrected chi connectivity index (χ2v) is 5.21. The number of nitrogens with one attached hydrogen (secondary N) is 1. The number of amides is 1. The molecule has 0 spiro atoms. The molecule has 2 aromatic rings. The van der Waals surface area contributed by atoms with E-state index in [1.54, 1.807) is 6.07 Å². The van der Waals surface area contributed by atoms with Crippen LogP contribution in [0.1, 0.15) is 11.1 Å². The van der Waals surface area contributed by atoms with Crippen molar-refractivity contribution in [1.82, 2.24) is 5.32 Å². The number of carbonyl (C=O) groups excluding carboxylic acids is 1. The van der Waals surface area contributed by atoms with Crippen LogP contribution in [-0.4, -0.2) is 23.0 Å². The Balaban J connectivity index is 2.06. The Bertz CT molecular complexity index is 744. The molecule has 126 valence electrons. The van der Waals surface area contributed by atoms with Gasteiger partial charge < -0.3 is 10.4 Å². The molecule has 0 bridgehead atoms. The van der Waals surface area contributed by atoms with Crippen molar-refractivity contribution in [3.8, 4) is 0 Å². The van der Waals surface area contributed by atoms with Gasteiger partial charge in [-0.05, 0) is 29.3 Å². The highest BCUT2D eigenvalue weighted by molar-refractivity contribution is 5.85.